The lowest BCUT2D eigenvalue weighted by Gasteiger charge is -2.21. The van der Waals surface area contributed by atoms with E-state index < -0.39 is 12.3 Å². The van der Waals surface area contributed by atoms with Crippen molar-refractivity contribution in [2.75, 3.05) is 29.9 Å². The van der Waals surface area contributed by atoms with E-state index in [0.29, 0.717) is 18.1 Å². The van der Waals surface area contributed by atoms with Crippen molar-refractivity contribution in [3.05, 3.63) is 66.1 Å². The second-order valence-electron chi connectivity index (χ2n) is 8.09. The van der Waals surface area contributed by atoms with Crippen LogP contribution in [0.5, 0.6) is 5.75 Å². The summed E-state index contributed by atoms with van der Waals surface area (Å²) in [7, 11) is 0. The molecular weight excluding hydrogens is 449 g/mol. The number of amides is 1. The maximum absolute atomic E-state index is 12.9. The van der Waals surface area contributed by atoms with E-state index in [0.717, 1.165) is 41.9 Å². The molecular formula is C24H23F3N4O3. The summed E-state index contributed by atoms with van der Waals surface area (Å²) in [5.41, 5.74) is 2.98. The quantitative estimate of drug-likeness (QED) is 0.552. The van der Waals surface area contributed by atoms with E-state index in [-0.39, 0.29) is 23.8 Å². The molecule has 1 amide bonds. The van der Waals surface area contributed by atoms with Gasteiger partial charge in [0.1, 0.15) is 11.6 Å². The van der Waals surface area contributed by atoms with Gasteiger partial charge in [-0.15, -0.1) is 13.2 Å². The first-order valence-electron chi connectivity index (χ1n) is 10.7. The van der Waals surface area contributed by atoms with Crippen LogP contribution in [-0.4, -0.2) is 47.0 Å². The lowest BCUT2D eigenvalue weighted by molar-refractivity contribution is -0.274. The molecule has 0 bridgehead atoms. The third-order valence-corrected chi connectivity index (χ3v) is 5.54. The van der Waals surface area contributed by atoms with Crippen LogP contribution >= 0.6 is 0 Å². The molecule has 34 heavy (non-hydrogen) atoms. The van der Waals surface area contributed by atoms with Crippen molar-refractivity contribution in [3.63, 3.8) is 0 Å². The summed E-state index contributed by atoms with van der Waals surface area (Å²) in [6, 6.07) is 10.4. The number of alkyl halides is 3. The normalized spacial score (nSPS) is 15.9. The highest BCUT2D eigenvalue weighted by Gasteiger charge is 2.31. The second kappa shape index (κ2) is 9.68. The molecule has 1 aliphatic rings. The monoisotopic (exact) mass is 472 g/mol. The zero-order valence-corrected chi connectivity index (χ0v) is 18.3. The van der Waals surface area contributed by atoms with Crippen LogP contribution in [0.4, 0.5) is 24.7 Å². The third kappa shape index (κ3) is 5.63. The van der Waals surface area contributed by atoms with Crippen LogP contribution in [0.3, 0.4) is 0 Å². The van der Waals surface area contributed by atoms with Gasteiger partial charge in [0.2, 0.25) is 0 Å². The predicted molar refractivity (Wildman–Crippen MR) is 121 cm³/mol. The lowest BCUT2D eigenvalue weighted by Crippen LogP contribution is -2.23. The van der Waals surface area contributed by atoms with Crippen molar-refractivity contribution in [2.45, 2.75) is 19.7 Å². The topological polar surface area (TPSA) is 87.6 Å². The van der Waals surface area contributed by atoms with Gasteiger partial charge in [-0.1, -0.05) is 6.07 Å². The molecule has 0 unspecified atom stereocenters. The number of hydrogen-bond acceptors (Lipinski definition) is 6. The van der Waals surface area contributed by atoms with Gasteiger partial charge in [-0.2, -0.15) is 0 Å². The van der Waals surface area contributed by atoms with E-state index in [1.807, 2.05) is 19.1 Å². The van der Waals surface area contributed by atoms with Crippen LogP contribution in [0.1, 0.15) is 22.5 Å². The molecule has 3 aromatic rings. The Morgan fingerprint density at radius 3 is 2.56 bits per heavy atom. The van der Waals surface area contributed by atoms with Crippen LogP contribution in [0.15, 0.2) is 54.9 Å². The van der Waals surface area contributed by atoms with Gasteiger partial charge in [0.25, 0.3) is 5.91 Å². The highest BCUT2D eigenvalue weighted by atomic mass is 19.4. The third-order valence-electron chi connectivity index (χ3n) is 5.54. The second-order valence-corrected chi connectivity index (χ2v) is 8.09. The summed E-state index contributed by atoms with van der Waals surface area (Å²) in [5.74, 6) is 0.0295. The van der Waals surface area contributed by atoms with E-state index in [1.165, 1.54) is 18.3 Å². The Labute approximate surface area is 194 Å². The maximum atomic E-state index is 12.9. The van der Waals surface area contributed by atoms with Crippen molar-refractivity contribution in [1.29, 1.82) is 0 Å². The first-order valence-corrected chi connectivity index (χ1v) is 10.7. The summed E-state index contributed by atoms with van der Waals surface area (Å²) in [6.45, 7) is 3.38. The average Bonchev–Trinajstić information content (AvgIpc) is 3.29. The summed E-state index contributed by atoms with van der Waals surface area (Å²) >= 11 is 0. The van der Waals surface area contributed by atoms with Crippen molar-refractivity contribution in [3.8, 4) is 16.9 Å². The number of carbonyl (C=O) groups is 1. The van der Waals surface area contributed by atoms with Crippen LogP contribution in [0.2, 0.25) is 0 Å². The minimum Gasteiger partial charge on any atom is -0.406 e. The van der Waals surface area contributed by atoms with Crippen LogP contribution in [0, 0.1) is 12.8 Å². The molecule has 10 heteroatoms. The van der Waals surface area contributed by atoms with Crippen molar-refractivity contribution in [2.24, 2.45) is 5.92 Å². The molecule has 1 saturated heterocycles. The van der Waals surface area contributed by atoms with Gasteiger partial charge in [0, 0.05) is 60.5 Å². The van der Waals surface area contributed by atoms with E-state index >= 15 is 0 Å². The van der Waals surface area contributed by atoms with E-state index in [9.17, 15) is 23.1 Å². The molecule has 1 atom stereocenters. The predicted octanol–water partition coefficient (Wildman–Crippen LogP) is 4.42. The van der Waals surface area contributed by atoms with Crippen molar-refractivity contribution < 1.29 is 27.8 Å². The molecule has 4 rings (SSSR count). The van der Waals surface area contributed by atoms with E-state index in [1.54, 1.807) is 12.3 Å². The first-order chi connectivity index (χ1) is 16.2. The molecule has 2 N–H and O–H groups in total. The Bertz CT molecular complexity index is 1150. The summed E-state index contributed by atoms with van der Waals surface area (Å²) in [5, 5.41) is 12.2. The minimum atomic E-state index is -4.79. The van der Waals surface area contributed by atoms with Gasteiger partial charge < -0.3 is 20.1 Å². The summed E-state index contributed by atoms with van der Waals surface area (Å²) < 4.78 is 40.9. The molecule has 1 aromatic carbocycles. The Balaban J connectivity index is 1.59. The fraction of sp³-hybridized carbons (Fsp3) is 0.292. The number of anilines is 2. The van der Waals surface area contributed by atoms with Crippen molar-refractivity contribution in [1.82, 2.24) is 9.97 Å². The van der Waals surface area contributed by atoms with Gasteiger partial charge in [0.15, 0.2) is 0 Å². The molecule has 0 aliphatic carbocycles. The number of rotatable bonds is 6. The van der Waals surface area contributed by atoms with Gasteiger partial charge >= 0.3 is 6.36 Å². The number of hydrogen-bond donors (Lipinski definition) is 2. The maximum Gasteiger partial charge on any atom is 0.573 e. The van der Waals surface area contributed by atoms with Crippen molar-refractivity contribution >= 4 is 17.4 Å². The molecule has 1 aliphatic heterocycles. The Morgan fingerprint density at radius 1 is 1.18 bits per heavy atom. The van der Waals surface area contributed by atoms with E-state index in [4.69, 9.17) is 0 Å². The Kier molecular flexibility index (Phi) is 6.69. The number of pyridine rings is 2. The number of aromatic nitrogens is 2. The molecule has 7 nitrogen and oxygen atoms in total. The van der Waals surface area contributed by atoms with Gasteiger partial charge in [-0.25, -0.2) is 4.98 Å². The first kappa shape index (κ1) is 23.5. The highest BCUT2D eigenvalue weighted by molar-refractivity contribution is 6.05. The number of aliphatic hydroxyl groups excluding tert-OH is 1. The average molecular weight is 472 g/mol. The SMILES string of the molecule is Cc1ccc(-c2cc(C(=O)Nc3ccc(OC(F)(F)F)cc3)cnc2N2CC[C@@H](CO)C2)cn1. The smallest absolute Gasteiger partial charge is 0.406 e. The highest BCUT2D eigenvalue weighted by Crippen LogP contribution is 2.33. The number of halogens is 3. The Morgan fingerprint density at radius 2 is 1.94 bits per heavy atom. The fourth-order valence-corrected chi connectivity index (χ4v) is 3.79. The number of carbonyl (C=O) groups excluding carboxylic acids is 1. The Hall–Kier alpha value is -3.66. The zero-order chi connectivity index (χ0) is 24.3. The zero-order valence-electron chi connectivity index (χ0n) is 18.3. The number of nitrogens with zero attached hydrogens (tertiary/aromatic N) is 3. The molecule has 3 heterocycles. The van der Waals surface area contributed by atoms with E-state index in [2.05, 4.69) is 24.9 Å². The minimum absolute atomic E-state index is 0.102. The molecule has 1 fully saturated rings. The van der Waals surface area contributed by atoms with Crippen LogP contribution in [-0.2, 0) is 0 Å². The largest absolute Gasteiger partial charge is 0.573 e. The standard InChI is InChI=1S/C24H23F3N4O3/c1-15-2-3-17(11-28-15)21-10-18(12-29-22(21)31-9-8-16(13-31)14-32)23(33)30-19-4-6-20(7-5-19)34-24(25,26)27/h2-7,10-12,16,32H,8-9,13-14H2,1H3,(H,30,33)/t16-/m1/s1. The number of aryl methyl sites for hydroxylation is 1. The molecule has 2 aromatic heterocycles. The molecule has 0 radical (unpaired) electrons. The van der Waals surface area contributed by atoms with Gasteiger partial charge in [-0.3, -0.25) is 9.78 Å². The van der Waals surface area contributed by atoms with Gasteiger partial charge in [-0.05, 0) is 49.7 Å². The van der Waals surface area contributed by atoms with Crippen LogP contribution < -0.4 is 15.0 Å². The molecule has 178 valence electrons. The number of aliphatic hydroxyl groups is 1. The van der Waals surface area contributed by atoms with Gasteiger partial charge in [0.05, 0.1) is 5.56 Å². The molecule has 0 saturated carbocycles. The molecule has 0 spiro atoms. The lowest BCUT2D eigenvalue weighted by atomic mass is 10.0. The number of ether oxygens (including phenoxy) is 1. The summed E-state index contributed by atoms with van der Waals surface area (Å²) in [6.07, 6.45) is -0.758. The number of nitrogens with one attached hydrogen (secondary N) is 1. The number of benzene rings is 1. The van der Waals surface area contributed by atoms with Crippen LogP contribution in [0.25, 0.3) is 11.1 Å². The fourth-order valence-electron chi connectivity index (χ4n) is 3.79. The summed E-state index contributed by atoms with van der Waals surface area (Å²) in [4.78, 5) is 23.9.